The first-order chi connectivity index (χ1) is 17.4. The molecule has 1 aliphatic heterocycles. The molecule has 1 amide bonds. The van der Waals surface area contributed by atoms with Crippen molar-refractivity contribution in [1.29, 1.82) is 0 Å². The number of hydrogen-bond donors (Lipinski definition) is 2. The van der Waals surface area contributed by atoms with Gasteiger partial charge < -0.3 is 15.4 Å². The highest BCUT2D eigenvalue weighted by Crippen LogP contribution is 2.36. The molecular weight excluding hydrogens is 497 g/mol. The van der Waals surface area contributed by atoms with Gasteiger partial charge in [-0.3, -0.25) is 4.79 Å². The van der Waals surface area contributed by atoms with Gasteiger partial charge in [0.05, 0.1) is 15.6 Å². The van der Waals surface area contributed by atoms with Gasteiger partial charge in [-0.15, -0.1) is 0 Å². The van der Waals surface area contributed by atoms with Gasteiger partial charge in [0.25, 0.3) is 5.91 Å². The summed E-state index contributed by atoms with van der Waals surface area (Å²) in [5, 5.41) is 11.6. The fraction of sp³-hybridized carbons (Fsp3) is 0.148. The zero-order valence-electron chi connectivity index (χ0n) is 19.6. The van der Waals surface area contributed by atoms with Crippen LogP contribution in [0.2, 0.25) is 10.0 Å². The number of rotatable bonds is 6. The lowest BCUT2D eigenvalue weighted by Gasteiger charge is -2.29. The van der Waals surface area contributed by atoms with E-state index in [2.05, 4.69) is 20.7 Å². The van der Waals surface area contributed by atoms with Gasteiger partial charge in [-0.1, -0.05) is 59.6 Å². The third-order valence-corrected chi connectivity index (χ3v) is 6.73. The number of fused-ring (bicyclic) bond motifs is 1. The second kappa shape index (κ2) is 10.0. The minimum Gasteiger partial charge on any atom is -0.489 e. The van der Waals surface area contributed by atoms with Crippen molar-refractivity contribution in [3.63, 3.8) is 0 Å². The number of aromatic nitrogens is 3. The molecule has 0 spiro atoms. The molecule has 9 heteroatoms. The summed E-state index contributed by atoms with van der Waals surface area (Å²) in [5.74, 6) is 0.990. The molecule has 182 valence electrons. The Balaban J connectivity index is 1.46. The molecule has 0 unspecified atom stereocenters. The van der Waals surface area contributed by atoms with Gasteiger partial charge in [0, 0.05) is 11.4 Å². The Morgan fingerprint density at radius 2 is 1.89 bits per heavy atom. The lowest BCUT2D eigenvalue weighted by Crippen LogP contribution is -2.31. The third kappa shape index (κ3) is 4.80. The van der Waals surface area contributed by atoms with E-state index in [0.717, 1.165) is 22.4 Å². The maximum atomic E-state index is 13.6. The van der Waals surface area contributed by atoms with Crippen LogP contribution in [-0.2, 0) is 11.4 Å². The number of nitrogens with one attached hydrogen (secondary N) is 2. The van der Waals surface area contributed by atoms with Crippen molar-refractivity contribution in [3.05, 3.63) is 111 Å². The van der Waals surface area contributed by atoms with Gasteiger partial charge in [-0.05, 0) is 60.9 Å². The molecule has 0 saturated carbocycles. The van der Waals surface area contributed by atoms with E-state index in [9.17, 15) is 4.79 Å². The van der Waals surface area contributed by atoms with Gasteiger partial charge in [0.2, 0.25) is 5.95 Å². The van der Waals surface area contributed by atoms with E-state index in [0.29, 0.717) is 39.6 Å². The van der Waals surface area contributed by atoms with Gasteiger partial charge in [0.1, 0.15) is 24.7 Å². The van der Waals surface area contributed by atoms with Gasteiger partial charge in [0.15, 0.2) is 0 Å². The number of nitrogens with zero attached hydrogens (tertiary/aromatic N) is 3. The summed E-state index contributed by atoms with van der Waals surface area (Å²) in [6, 6.07) is 20.2. The van der Waals surface area contributed by atoms with Crippen molar-refractivity contribution in [2.75, 3.05) is 10.6 Å². The van der Waals surface area contributed by atoms with E-state index < -0.39 is 6.04 Å². The van der Waals surface area contributed by atoms with Crippen molar-refractivity contribution >= 4 is 40.7 Å². The average molecular weight is 520 g/mol. The predicted molar refractivity (Wildman–Crippen MR) is 142 cm³/mol. The molecule has 0 fully saturated rings. The van der Waals surface area contributed by atoms with Crippen molar-refractivity contribution in [1.82, 2.24) is 14.8 Å². The van der Waals surface area contributed by atoms with Gasteiger partial charge in [-0.25, -0.2) is 4.68 Å². The molecule has 7 nitrogen and oxygen atoms in total. The van der Waals surface area contributed by atoms with E-state index in [4.69, 9.17) is 27.9 Å². The molecule has 0 bridgehead atoms. The van der Waals surface area contributed by atoms with Crippen LogP contribution in [0.25, 0.3) is 0 Å². The van der Waals surface area contributed by atoms with Gasteiger partial charge >= 0.3 is 0 Å². The minimum absolute atomic E-state index is 0.220. The van der Waals surface area contributed by atoms with E-state index in [1.54, 1.807) is 16.8 Å². The first-order valence-electron chi connectivity index (χ1n) is 11.3. The topological polar surface area (TPSA) is 81.1 Å². The third-order valence-electron chi connectivity index (χ3n) is 6.00. The standard InChI is InChI=1S/C27H23Cl2N5O2/c1-16-6-3-4-9-23(16)33-26(35)24-17(2)32-27-30-15-31-34(27)25(24)19-7-5-8-20(13-19)36-14-18-10-11-21(28)22(29)12-18/h3-13,15,25H,14H2,1-2H3,(H,33,35)(H,30,31,32)/t25-/m0/s1. The lowest BCUT2D eigenvalue weighted by atomic mass is 9.94. The van der Waals surface area contributed by atoms with Crippen LogP contribution in [0.1, 0.15) is 29.7 Å². The number of hydrogen-bond acceptors (Lipinski definition) is 5. The molecule has 3 aromatic carbocycles. The first-order valence-corrected chi connectivity index (χ1v) is 12.1. The fourth-order valence-electron chi connectivity index (χ4n) is 4.17. The Bertz CT molecular complexity index is 1480. The fourth-order valence-corrected chi connectivity index (χ4v) is 4.49. The highest BCUT2D eigenvalue weighted by atomic mass is 35.5. The molecule has 0 aliphatic carbocycles. The Morgan fingerprint density at radius 1 is 1.06 bits per heavy atom. The molecule has 5 rings (SSSR count). The van der Waals surface area contributed by atoms with Crippen LogP contribution in [0.15, 0.2) is 84.3 Å². The first kappa shape index (κ1) is 23.9. The number of aryl methyl sites for hydroxylation is 1. The molecule has 2 N–H and O–H groups in total. The van der Waals surface area contributed by atoms with Crippen LogP contribution in [0, 0.1) is 6.92 Å². The summed E-state index contributed by atoms with van der Waals surface area (Å²) in [6.07, 6.45) is 1.47. The summed E-state index contributed by atoms with van der Waals surface area (Å²) in [4.78, 5) is 17.9. The number of allylic oxidation sites excluding steroid dienone is 1. The number of ether oxygens (including phenoxy) is 1. The molecule has 4 aromatic rings. The normalized spacial score (nSPS) is 14.7. The monoisotopic (exact) mass is 519 g/mol. The van der Waals surface area contributed by atoms with Crippen LogP contribution in [0.5, 0.6) is 5.75 Å². The van der Waals surface area contributed by atoms with Crippen LogP contribution in [0.4, 0.5) is 11.6 Å². The number of carbonyl (C=O) groups is 1. The molecule has 1 atom stereocenters. The van der Waals surface area contributed by atoms with Gasteiger partial charge in [-0.2, -0.15) is 10.1 Å². The molecule has 2 heterocycles. The summed E-state index contributed by atoms with van der Waals surface area (Å²) in [5.41, 5.74) is 4.70. The van der Waals surface area contributed by atoms with Crippen LogP contribution in [0.3, 0.4) is 0 Å². The van der Waals surface area contributed by atoms with E-state index in [-0.39, 0.29) is 5.91 Å². The van der Waals surface area contributed by atoms with E-state index in [1.165, 1.54) is 6.33 Å². The number of halogens is 2. The van der Waals surface area contributed by atoms with Crippen LogP contribution >= 0.6 is 23.2 Å². The van der Waals surface area contributed by atoms with E-state index >= 15 is 0 Å². The second-order valence-corrected chi connectivity index (χ2v) is 9.29. The van der Waals surface area contributed by atoms with Crippen molar-refractivity contribution in [2.45, 2.75) is 26.5 Å². The number of anilines is 2. The number of benzene rings is 3. The molecular formula is C27H23Cl2N5O2. The summed E-state index contributed by atoms with van der Waals surface area (Å²) in [7, 11) is 0. The minimum atomic E-state index is -0.499. The summed E-state index contributed by atoms with van der Waals surface area (Å²) >= 11 is 12.2. The molecule has 0 radical (unpaired) electrons. The predicted octanol–water partition coefficient (Wildman–Crippen LogP) is 6.40. The average Bonchev–Trinajstić information content (AvgIpc) is 3.33. The second-order valence-electron chi connectivity index (χ2n) is 8.47. The largest absolute Gasteiger partial charge is 0.489 e. The SMILES string of the molecule is CC1=C(C(=O)Nc2ccccc2C)[C@H](c2cccc(OCc3ccc(Cl)c(Cl)c3)c2)n2ncnc2N1. The molecule has 36 heavy (non-hydrogen) atoms. The highest BCUT2D eigenvalue weighted by Gasteiger charge is 2.33. The maximum absolute atomic E-state index is 13.6. The Hall–Kier alpha value is -3.81. The molecule has 0 saturated heterocycles. The highest BCUT2D eigenvalue weighted by molar-refractivity contribution is 6.42. The number of amides is 1. The van der Waals surface area contributed by atoms with Crippen molar-refractivity contribution in [3.8, 4) is 5.75 Å². The Kier molecular flexibility index (Phi) is 6.67. The smallest absolute Gasteiger partial charge is 0.255 e. The number of para-hydroxylation sites is 1. The van der Waals surface area contributed by atoms with Crippen molar-refractivity contribution in [2.24, 2.45) is 0 Å². The number of carbonyl (C=O) groups excluding carboxylic acids is 1. The Morgan fingerprint density at radius 3 is 2.69 bits per heavy atom. The summed E-state index contributed by atoms with van der Waals surface area (Å²) < 4.78 is 7.75. The molecule has 1 aromatic heterocycles. The zero-order chi connectivity index (χ0) is 25.2. The lowest BCUT2D eigenvalue weighted by molar-refractivity contribution is -0.113. The quantitative estimate of drug-likeness (QED) is 0.308. The van der Waals surface area contributed by atoms with E-state index in [1.807, 2.05) is 68.4 Å². The zero-order valence-corrected chi connectivity index (χ0v) is 21.1. The maximum Gasteiger partial charge on any atom is 0.255 e. The summed E-state index contributed by atoms with van der Waals surface area (Å²) in [6.45, 7) is 4.14. The van der Waals surface area contributed by atoms with Crippen molar-refractivity contribution < 1.29 is 9.53 Å². The Labute approximate surface area is 218 Å². The van der Waals surface area contributed by atoms with Crippen LogP contribution < -0.4 is 15.4 Å². The van der Waals surface area contributed by atoms with Crippen LogP contribution in [-0.4, -0.2) is 20.7 Å². The molecule has 1 aliphatic rings.